The average molecular weight is 487 g/mol. The van der Waals surface area contributed by atoms with Crippen LogP contribution < -0.4 is 0 Å². The fraction of sp³-hybridized carbons (Fsp3) is 0.280. The summed E-state index contributed by atoms with van der Waals surface area (Å²) in [6.45, 7) is 4.43. The Labute approximate surface area is 202 Å². The third-order valence-corrected chi connectivity index (χ3v) is 7.31. The molecule has 0 saturated carbocycles. The van der Waals surface area contributed by atoms with E-state index in [4.69, 9.17) is 23.2 Å². The Morgan fingerprint density at radius 3 is 2.53 bits per heavy atom. The van der Waals surface area contributed by atoms with Crippen molar-refractivity contribution in [3.63, 3.8) is 0 Å². The lowest BCUT2D eigenvalue weighted by atomic mass is 9.93. The molecule has 0 radical (unpaired) electrons. The van der Waals surface area contributed by atoms with Gasteiger partial charge in [-0.15, -0.1) is 11.3 Å². The van der Waals surface area contributed by atoms with Gasteiger partial charge in [-0.3, -0.25) is 9.59 Å². The van der Waals surface area contributed by atoms with E-state index in [0.29, 0.717) is 22.2 Å². The molecule has 166 valence electrons. The number of hydrogen-bond donors (Lipinski definition) is 0. The zero-order valence-electron chi connectivity index (χ0n) is 17.9. The van der Waals surface area contributed by atoms with Gasteiger partial charge in [0.05, 0.1) is 6.04 Å². The highest BCUT2D eigenvalue weighted by Gasteiger charge is 2.35. The monoisotopic (exact) mass is 486 g/mol. The lowest BCUT2D eigenvalue weighted by Gasteiger charge is -2.38. The SMILES string of the molecule is CC(C)N(CC(=O)N1CCc2sccc2C1c1ccc(Cl)cc1Cl)C(=O)c1ccccc1. The van der Waals surface area contributed by atoms with Crippen molar-refractivity contribution in [2.75, 3.05) is 13.1 Å². The minimum Gasteiger partial charge on any atom is -0.330 e. The number of halogens is 2. The predicted octanol–water partition coefficient (Wildman–Crippen LogP) is 6.08. The zero-order valence-corrected chi connectivity index (χ0v) is 20.3. The van der Waals surface area contributed by atoms with Gasteiger partial charge in [-0.1, -0.05) is 47.5 Å². The maximum absolute atomic E-state index is 13.6. The fourth-order valence-electron chi connectivity index (χ4n) is 4.12. The Bertz CT molecular complexity index is 1130. The van der Waals surface area contributed by atoms with Gasteiger partial charge >= 0.3 is 0 Å². The van der Waals surface area contributed by atoms with Crippen molar-refractivity contribution >= 4 is 46.4 Å². The molecule has 0 bridgehead atoms. The second-order valence-electron chi connectivity index (χ2n) is 8.10. The number of rotatable bonds is 5. The van der Waals surface area contributed by atoms with E-state index in [9.17, 15) is 9.59 Å². The lowest BCUT2D eigenvalue weighted by molar-refractivity contribution is -0.134. The molecule has 1 aliphatic heterocycles. The maximum Gasteiger partial charge on any atom is 0.254 e. The summed E-state index contributed by atoms with van der Waals surface area (Å²) in [5.41, 5.74) is 2.50. The van der Waals surface area contributed by atoms with Gasteiger partial charge < -0.3 is 9.80 Å². The van der Waals surface area contributed by atoms with Gasteiger partial charge in [0, 0.05) is 33.1 Å². The van der Waals surface area contributed by atoms with Crippen molar-refractivity contribution in [1.82, 2.24) is 9.80 Å². The number of fused-ring (bicyclic) bond motifs is 1. The summed E-state index contributed by atoms with van der Waals surface area (Å²) >= 11 is 14.4. The Balaban J connectivity index is 1.66. The molecule has 2 heterocycles. The second-order valence-corrected chi connectivity index (χ2v) is 9.94. The van der Waals surface area contributed by atoms with Gasteiger partial charge in [-0.2, -0.15) is 0 Å². The molecule has 7 heteroatoms. The van der Waals surface area contributed by atoms with Crippen LogP contribution in [0.3, 0.4) is 0 Å². The number of benzene rings is 2. The first kappa shape index (κ1) is 22.8. The molecule has 0 saturated heterocycles. The van der Waals surface area contributed by atoms with Crippen LogP contribution >= 0.6 is 34.5 Å². The van der Waals surface area contributed by atoms with E-state index < -0.39 is 0 Å². The molecule has 2 amide bonds. The molecule has 0 aliphatic carbocycles. The summed E-state index contributed by atoms with van der Waals surface area (Å²) in [5.74, 6) is -0.251. The zero-order chi connectivity index (χ0) is 22.8. The molecule has 3 aromatic rings. The van der Waals surface area contributed by atoms with Gasteiger partial charge in [0.25, 0.3) is 5.91 Å². The largest absolute Gasteiger partial charge is 0.330 e. The van der Waals surface area contributed by atoms with Gasteiger partial charge in [0.1, 0.15) is 6.54 Å². The molecule has 1 unspecified atom stereocenters. The normalized spacial score (nSPS) is 15.5. The first-order valence-electron chi connectivity index (χ1n) is 10.5. The molecule has 1 aromatic heterocycles. The van der Waals surface area contributed by atoms with Crippen molar-refractivity contribution in [1.29, 1.82) is 0 Å². The van der Waals surface area contributed by atoms with Crippen LogP contribution in [0.1, 0.15) is 46.3 Å². The molecule has 1 atom stereocenters. The standard InChI is InChI=1S/C25H24Cl2N2O2S/c1-16(2)29(25(31)17-6-4-3-5-7-17)15-23(30)28-12-10-22-20(11-13-32-22)24(28)19-9-8-18(26)14-21(19)27/h3-9,11,13-14,16,24H,10,12,15H2,1-2H3. The van der Waals surface area contributed by atoms with E-state index >= 15 is 0 Å². The number of hydrogen-bond acceptors (Lipinski definition) is 3. The quantitative estimate of drug-likeness (QED) is 0.438. The average Bonchev–Trinajstić information content (AvgIpc) is 3.26. The van der Waals surface area contributed by atoms with Gasteiger partial charge in [0.2, 0.25) is 5.91 Å². The summed E-state index contributed by atoms with van der Waals surface area (Å²) in [4.78, 5) is 31.5. The molecule has 2 aromatic carbocycles. The summed E-state index contributed by atoms with van der Waals surface area (Å²) in [7, 11) is 0. The highest BCUT2D eigenvalue weighted by atomic mass is 35.5. The summed E-state index contributed by atoms with van der Waals surface area (Å²) in [6, 6.07) is 16.1. The van der Waals surface area contributed by atoms with E-state index in [-0.39, 0.29) is 30.4 Å². The predicted molar refractivity (Wildman–Crippen MR) is 131 cm³/mol. The molecule has 0 N–H and O–H groups in total. The van der Waals surface area contributed by atoms with E-state index in [2.05, 4.69) is 11.4 Å². The number of thiophene rings is 1. The molecule has 1 aliphatic rings. The van der Waals surface area contributed by atoms with Crippen LogP contribution in [0.4, 0.5) is 0 Å². The fourth-order valence-corrected chi connectivity index (χ4v) is 5.53. The molecule has 0 fully saturated rings. The minimum atomic E-state index is -0.303. The van der Waals surface area contributed by atoms with Gasteiger partial charge in [-0.25, -0.2) is 0 Å². The Kier molecular flexibility index (Phi) is 6.89. The Hall–Kier alpha value is -2.34. The third kappa shape index (κ3) is 4.56. The number of nitrogens with zero attached hydrogens (tertiary/aromatic N) is 2. The van der Waals surface area contributed by atoms with Gasteiger partial charge in [-0.05, 0) is 67.1 Å². The van der Waals surface area contributed by atoms with Crippen molar-refractivity contribution in [2.45, 2.75) is 32.4 Å². The van der Waals surface area contributed by atoms with Crippen LogP contribution in [-0.4, -0.2) is 40.7 Å². The molecule has 0 spiro atoms. The van der Waals surface area contributed by atoms with E-state index in [1.165, 1.54) is 4.88 Å². The molecule has 32 heavy (non-hydrogen) atoms. The highest BCUT2D eigenvalue weighted by molar-refractivity contribution is 7.10. The summed E-state index contributed by atoms with van der Waals surface area (Å²) in [5, 5.41) is 3.13. The van der Waals surface area contributed by atoms with Crippen molar-refractivity contribution < 1.29 is 9.59 Å². The van der Waals surface area contributed by atoms with E-state index in [0.717, 1.165) is 17.5 Å². The topological polar surface area (TPSA) is 40.6 Å². The van der Waals surface area contributed by atoms with Crippen LogP contribution in [0.5, 0.6) is 0 Å². The van der Waals surface area contributed by atoms with E-state index in [1.54, 1.807) is 40.5 Å². The molecule has 4 nitrogen and oxygen atoms in total. The van der Waals surface area contributed by atoms with Crippen molar-refractivity contribution in [3.8, 4) is 0 Å². The van der Waals surface area contributed by atoms with E-state index in [1.807, 2.05) is 43.0 Å². The van der Waals surface area contributed by atoms with Crippen molar-refractivity contribution in [2.24, 2.45) is 0 Å². The number of carbonyl (C=O) groups is 2. The van der Waals surface area contributed by atoms with Crippen LogP contribution in [0, 0.1) is 0 Å². The smallest absolute Gasteiger partial charge is 0.254 e. The first-order chi connectivity index (χ1) is 15.4. The third-order valence-electron chi connectivity index (χ3n) is 5.75. The summed E-state index contributed by atoms with van der Waals surface area (Å²) in [6.07, 6.45) is 0.786. The Morgan fingerprint density at radius 1 is 1.09 bits per heavy atom. The Morgan fingerprint density at radius 2 is 1.84 bits per heavy atom. The van der Waals surface area contributed by atoms with Crippen LogP contribution in [0.15, 0.2) is 60.0 Å². The number of carbonyl (C=O) groups excluding carboxylic acids is 2. The number of amides is 2. The van der Waals surface area contributed by atoms with Crippen LogP contribution in [0.25, 0.3) is 0 Å². The highest BCUT2D eigenvalue weighted by Crippen LogP contribution is 2.41. The maximum atomic E-state index is 13.6. The van der Waals surface area contributed by atoms with Crippen molar-refractivity contribution in [3.05, 3.63) is 91.6 Å². The minimum absolute atomic E-state index is 0.00652. The molecular weight excluding hydrogens is 463 g/mol. The second kappa shape index (κ2) is 9.65. The first-order valence-corrected chi connectivity index (χ1v) is 12.2. The summed E-state index contributed by atoms with van der Waals surface area (Å²) < 4.78 is 0. The lowest BCUT2D eigenvalue weighted by Crippen LogP contribution is -2.48. The molecular formula is C25H24Cl2N2O2S. The van der Waals surface area contributed by atoms with Crippen LogP contribution in [0.2, 0.25) is 10.0 Å². The van der Waals surface area contributed by atoms with Crippen LogP contribution in [-0.2, 0) is 11.2 Å². The molecule has 4 rings (SSSR count). The van der Waals surface area contributed by atoms with Gasteiger partial charge in [0.15, 0.2) is 0 Å².